The van der Waals surface area contributed by atoms with Crippen LogP contribution in [-0.4, -0.2) is 13.4 Å². The molecule has 162 valence electrons. The molecule has 0 atom stereocenters. The first-order valence-electron chi connectivity index (χ1n) is 10.1. The molecule has 1 aromatic heterocycles. The van der Waals surface area contributed by atoms with E-state index in [9.17, 15) is 12.8 Å². The number of hydrogen-bond donors (Lipinski definition) is 0. The average Bonchev–Trinajstić information content (AvgIpc) is 2.78. The Morgan fingerprint density at radius 3 is 2.47 bits per heavy atom. The number of ether oxygens (including phenoxy) is 1. The van der Waals surface area contributed by atoms with E-state index in [4.69, 9.17) is 4.74 Å². The van der Waals surface area contributed by atoms with E-state index in [1.54, 1.807) is 37.3 Å². The van der Waals surface area contributed by atoms with Gasteiger partial charge in [0.1, 0.15) is 23.7 Å². The summed E-state index contributed by atoms with van der Waals surface area (Å²) in [5.74, 6) is 0.145. The molecule has 0 fully saturated rings. The van der Waals surface area contributed by atoms with Gasteiger partial charge in [-0.2, -0.15) is 0 Å². The molecule has 0 unspecified atom stereocenters. The Balaban J connectivity index is 1.51. The second kappa shape index (κ2) is 8.93. The van der Waals surface area contributed by atoms with Crippen molar-refractivity contribution in [3.05, 3.63) is 106 Å². The third-order valence-electron chi connectivity index (χ3n) is 5.17. The van der Waals surface area contributed by atoms with Gasteiger partial charge in [0.2, 0.25) is 0 Å². The number of fused-ring (bicyclic) bond motifs is 1. The molecule has 0 bridgehead atoms. The highest BCUT2D eigenvalue weighted by Crippen LogP contribution is 2.24. The van der Waals surface area contributed by atoms with Gasteiger partial charge in [0.05, 0.1) is 4.90 Å². The fraction of sp³-hybridized carbons (Fsp3) is 0.115. The van der Waals surface area contributed by atoms with Gasteiger partial charge in [-0.15, -0.1) is 0 Å². The minimum Gasteiger partial charge on any atom is -0.489 e. The highest BCUT2D eigenvalue weighted by molar-refractivity contribution is 7.94. The monoisotopic (exact) mass is 447 g/mol. The maximum absolute atomic E-state index is 14.1. The van der Waals surface area contributed by atoms with Crippen molar-refractivity contribution in [2.45, 2.75) is 25.3 Å². The van der Waals surface area contributed by atoms with Gasteiger partial charge in [-0.3, -0.25) is 4.98 Å². The highest BCUT2D eigenvalue weighted by atomic mass is 32.2. The molecule has 4 nitrogen and oxygen atoms in total. The number of sulfone groups is 1. The summed E-state index contributed by atoms with van der Waals surface area (Å²) in [7, 11) is -3.58. The van der Waals surface area contributed by atoms with Gasteiger partial charge in [-0.05, 0) is 67.4 Å². The lowest BCUT2D eigenvalue weighted by Crippen LogP contribution is -2.01. The van der Waals surface area contributed by atoms with Crippen LogP contribution in [0.2, 0.25) is 0 Å². The van der Waals surface area contributed by atoms with Gasteiger partial charge >= 0.3 is 0 Å². The lowest BCUT2D eigenvalue weighted by Gasteiger charge is -2.11. The zero-order valence-corrected chi connectivity index (χ0v) is 18.6. The van der Waals surface area contributed by atoms with Crippen LogP contribution in [0.15, 0.2) is 83.1 Å². The van der Waals surface area contributed by atoms with Crippen molar-refractivity contribution >= 4 is 26.8 Å². The Kier molecular flexibility index (Phi) is 6.06. The molecule has 0 N–H and O–H groups in total. The summed E-state index contributed by atoms with van der Waals surface area (Å²) in [4.78, 5) is 4.45. The Bertz CT molecular complexity index is 1410. The number of halogens is 1. The summed E-state index contributed by atoms with van der Waals surface area (Å²) in [6.07, 6.45) is 1.60. The number of hydrogen-bond acceptors (Lipinski definition) is 4. The second-order valence-electron chi connectivity index (χ2n) is 7.52. The summed E-state index contributed by atoms with van der Waals surface area (Å²) < 4.78 is 45.2. The molecular formula is C26H22FNO3S. The molecule has 0 aliphatic carbocycles. The van der Waals surface area contributed by atoms with E-state index in [-0.39, 0.29) is 17.3 Å². The van der Waals surface area contributed by atoms with Crippen molar-refractivity contribution < 1.29 is 17.5 Å². The standard InChI is InChI=1S/C26H22FNO3S/c1-18-6-3-4-7-20(18)14-15-32(29,30)23-12-10-22(11-13-23)31-17-21-16-19(2)28-26-24(21)8-5-9-25(26)27/h3-16H,17H2,1-2H3. The van der Waals surface area contributed by atoms with Crippen LogP contribution in [0.4, 0.5) is 4.39 Å². The Hall–Kier alpha value is -3.51. The van der Waals surface area contributed by atoms with Crippen molar-refractivity contribution in [2.75, 3.05) is 0 Å². The predicted molar refractivity (Wildman–Crippen MR) is 125 cm³/mol. The molecule has 6 heteroatoms. The van der Waals surface area contributed by atoms with E-state index in [1.807, 2.05) is 37.3 Å². The molecule has 0 spiro atoms. The number of pyridine rings is 1. The van der Waals surface area contributed by atoms with Crippen molar-refractivity contribution in [1.82, 2.24) is 4.98 Å². The molecule has 0 saturated heterocycles. The number of aromatic nitrogens is 1. The van der Waals surface area contributed by atoms with E-state index in [0.717, 1.165) is 16.7 Å². The molecule has 0 aliphatic heterocycles. The van der Waals surface area contributed by atoms with Gasteiger partial charge < -0.3 is 4.74 Å². The van der Waals surface area contributed by atoms with Crippen LogP contribution < -0.4 is 4.74 Å². The molecule has 1 heterocycles. The maximum atomic E-state index is 14.1. The molecule has 4 aromatic rings. The Labute approximate surface area is 186 Å². The quantitative estimate of drug-likeness (QED) is 0.363. The molecular weight excluding hydrogens is 425 g/mol. The number of aryl methyl sites for hydroxylation is 2. The fourth-order valence-electron chi connectivity index (χ4n) is 3.45. The topological polar surface area (TPSA) is 56.3 Å². The molecule has 0 aliphatic rings. The molecule has 4 rings (SSSR count). The third kappa shape index (κ3) is 4.70. The van der Waals surface area contributed by atoms with E-state index < -0.39 is 9.84 Å². The van der Waals surface area contributed by atoms with Crippen LogP contribution in [0.25, 0.3) is 17.0 Å². The Morgan fingerprint density at radius 1 is 0.969 bits per heavy atom. The van der Waals surface area contributed by atoms with Crippen LogP contribution in [-0.2, 0) is 16.4 Å². The van der Waals surface area contributed by atoms with Gasteiger partial charge in [0.25, 0.3) is 0 Å². The zero-order valence-electron chi connectivity index (χ0n) is 17.7. The lowest BCUT2D eigenvalue weighted by molar-refractivity contribution is 0.307. The number of para-hydroxylation sites is 1. The highest BCUT2D eigenvalue weighted by Gasteiger charge is 2.12. The van der Waals surface area contributed by atoms with E-state index in [0.29, 0.717) is 22.3 Å². The van der Waals surface area contributed by atoms with Crippen LogP contribution in [0.3, 0.4) is 0 Å². The summed E-state index contributed by atoms with van der Waals surface area (Å²) in [5, 5.41) is 1.90. The first kappa shape index (κ1) is 21.7. The van der Waals surface area contributed by atoms with Gasteiger partial charge in [0.15, 0.2) is 9.84 Å². The smallest absolute Gasteiger partial charge is 0.199 e. The third-order valence-corrected chi connectivity index (χ3v) is 6.59. The molecule has 3 aromatic carbocycles. The fourth-order valence-corrected chi connectivity index (χ4v) is 4.45. The van der Waals surface area contributed by atoms with Gasteiger partial charge in [-0.1, -0.05) is 36.4 Å². The molecule has 0 amide bonds. The average molecular weight is 448 g/mol. The van der Waals surface area contributed by atoms with Crippen molar-refractivity contribution in [2.24, 2.45) is 0 Å². The summed E-state index contributed by atoms with van der Waals surface area (Å²) in [5.41, 5.74) is 3.68. The minimum atomic E-state index is -3.58. The van der Waals surface area contributed by atoms with Crippen molar-refractivity contribution in [1.29, 1.82) is 0 Å². The van der Waals surface area contributed by atoms with Gasteiger partial charge in [-0.25, -0.2) is 12.8 Å². The number of rotatable bonds is 6. The minimum absolute atomic E-state index is 0.182. The molecule has 32 heavy (non-hydrogen) atoms. The Morgan fingerprint density at radius 2 is 1.72 bits per heavy atom. The van der Waals surface area contributed by atoms with E-state index >= 15 is 0 Å². The SMILES string of the molecule is Cc1cc(COc2ccc(S(=O)(=O)C=Cc3ccccc3C)cc2)c2cccc(F)c2n1. The normalized spacial score (nSPS) is 11.8. The van der Waals surface area contributed by atoms with Crippen molar-refractivity contribution in [3.8, 4) is 5.75 Å². The molecule has 0 radical (unpaired) electrons. The largest absolute Gasteiger partial charge is 0.489 e. The first-order valence-corrected chi connectivity index (χ1v) is 11.6. The number of benzene rings is 3. The maximum Gasteiger partial charge on any atom is 0.199 e. The first-order chi connectivity index (χ1) is 15.3. The zero-order chi connectivity index (χ0) is 22.7. The van der Waals surface area contributed by atoms with Crippen LogP contribution in [0.1, 0.15) is 22.4 Å². The van der Waals surface area contributed by atoms with Crippen molar-refractivity contribution in [3.63, 3.8) is 0 Å². The lowest BCUT2D eigenvalue weighted by atomic mass is 10.1. The van der Waals surface area contributed by atoms with Crippen LogP contribution in [0.5, 0.6) is 5.75 Å². The van der Waals surface area contributed by atoms with Crippen LogP contribution in [0, 0.1) is 19.7 Å². The van der Waals surface area contributed by atoms with E-state index in [2.05, 4.69) is 4.98 Å². The van der Waals surface area contributed by atoms with Crippen LogP contribution >= 0.6 is 0 Å². The molecule has 0 saturated carbocycles. The summed E-state index contributed by atoms with van der Waals surface area (Å²) in [6, 6.07) is 20.5. The van der Waals surface area contributed by atoms with E-state index in [1.165, 1.54) is 23.6 Å². The van der Waals surface area contributed by atoms with Gasteiger partial charge in [0, 0.05) is 22.1 Å². The summed E-state index contributed by atoms with van der Waals surface area (Å²) >= 11 is 0. The second-order valence-corrected chi connectivity index (χ2v) is 9.36. The summed E-state index contributed by atoms with van der Waals surface area (Å²) in [6.45, 7) is 3.95. The predicted octanol–water partition coefficient (Wildman–Crippen LogP) is 6.01. The number of nitrogens with zero attached hydrogens (tertiary/aromatic N) is 1.